The van der Waals surface area contributed by atoms with Crippen LogP contribution in [-0.2, 0) is 20.9 Å². The predicted octanol–water partition coefficient (Wildman–Crippen LogP) is 2.72. The van der Waals surface area contributed by atoms with Crippen LogP contribution in [0.5, 0.6) is 5.75 Å². The Labute approximate surface area is 163 Å². The lowest BCUT2D eigenvalue weighted by molar-refractivity contribution is -0.132. The first-order chi connectivity index (χ1) is 13.2. The number of nitrogens with one attached hydrogen (secondary N) is 2. The molecule has 6 heteroatoms. The largest absolute Gasteiger partial charge is 0.460 e. The van der Waals surface area contributed by atoms with Crippen molar-refractivity contribution >= 4 is 17.6 Å². The zero-order valence-electron chi connectivity index (χ0n) is 16.3. The van der Waals surface area contributed by atoms with Crippen LogP contribution in [0.2, 0.25) is 0 Å². The van der Waals surface area contributed by atoms with Crippen LogP contribution in [0.25, 0.3) is 0 Å². The van der Waals surface area contributed by atoms with Crippen molar-refractivity contribution in [1.29, 1.82) is 0 Å². The molecule has 2 aliphatic rings. The van der Waals surface area contributed by atoms with Crippen LogP contribution in [0.4, 0.5) is 0 Å². The average molecular weight is 378 g/mol. The number of hydrogen-bond acceptors (Lipinski definition) is 4. The molecule has 1 heterocycles. The Morgan fingerprint density at radius 1 is 0.964 bits per heavy atom. The minimum absolute atomic E-state index is 0.255. The Bertz CT molecular complexity index is 1030. The van der Waals surface area contributed by atoms with Gasteiger partial charge in [0.05, 0.1) is 0 Å². The van der Waals surface area contributed by atoms with Gasteiger partial charge in [0.15, 0.2) is 11.3 Å². The fourth-order valence-corrected chi connectivity index (χ4v) is 4.36. The maximum Gasteiger partial charge on any atom is 0.245 e. The van der Waals surface area contributed by atoms with E-state index in [1.165, 1.54) is 13.8 Å². The van der Waals surface area contributed by atoms with Gasteiger partial charge in [-0.25, -0.2) is 0 Å². The quantitative estimate of drug-likeness (QED) is 0.860. The van der Waals surface area contributed by atoms with E-state index in [4.69, 9.17) is 4.74 Å². The molecule has 6 nitrogen and oxygen atoms in total. The smallest absolute Gasteiger partial charge is 0.245 e. The molecule has 0 spiro atoms. The van der Waals surface area contributed by atoms with Gasteiger partial charge in [-0.05, 0) is 17.5 Å². The number of ether oxygens (including phenoxy) is 1. The van der Waals surface area contributed by atoms with E-state index in [-0.39, 0.29) is 23.5 Å². The third-order valence-corrected chi connectivity index (χ3v) is 5.47. The second-order valence-corrected chi connectivity index (χ2v) is 7.68. The number of Topliss-reactive ketones (excluding diaryl/α,β-unsaturated/α-hetero) is 1. The number of amides is 2. The summed E-state index contributed by atoms with van der Waals surface area (Å²) in [7, 11) is 0. The molecule has 0 bridgehead atoms. The molecule has 2 aromatic rings. The number of carbonyl (C=O) groups excluding carboxylic acids is 3. The summed E-state index contributed by atoms with van der Waals surface area (Å²) in [6.07, 6.45) is 0. The summed E-state index contributed by atoms with van der Waals surface area (Å²) < 4.78 is 6.35. The molecule has 0 saturated heterocycles. The molecule has 4 rings (SSSR count). The Kier molecular flexibility index (Phi) is 3.86. The van der Waals surface area contributed by atoms with E-state index >= 15 is 0 Å². The van der Waals surface area contributed by atoms with Gasteiger partial charge in [-0.15, -0.1) is 0 Å². The van der Waals surface area contributed by atoms with Crippen LogP contribution < -0.4 is 15.4 Å². The highest BCUT2D eigenvalue weighted by molar-refractivity contribution is 6.12. The van der Waals surface area contributed by atoms with Gasteiger partial charge in [0, 0.05) is 30.5 Å². The topological polar surface area (TPSA) is 84.5 Å². The van der Waals surface area contributed by atoms with E-state index < -0.39 is 11.3 Å². The fraction of sp³-hybridized carbons (Fsp3) is 0.318. The van der Waals surface area contributed by atoms with Crippen molar-refractivity contribution in [3.05, 3.63) is 64.7 Å². The van der Waals surface area contributed by atoms with Crippen LogP contribution in [0, 0.1) is 0 Å². The monoisotopic (exact) mass is 378 g/mol. The van der Waals surface area contributed by atoms with E-state index in [0.717, 1.165) is 5.56 Å². The van der Waals surface area contributed by atoms with E-state index in [1.807, 2.05) is 18.2 Å². The lowest BCUT2D eigenvalue weighted by atomic mass is 9.80. The van der Waals surface area contributed by atoms with E-state index in [9.17, 15) is 14.4 Å². The third-order valence-electron chi connectivity index (χ3n) is 5.47. The first-order valence-corrected chi connectivity index (χ1v) is 9.28. The second kappa shape index (κ2) is 5.92. The molecule has 28 heavy (non-hydrogen) atoms. The molecule has 2 atom stereocenters. The van der Waals surface area contributed by atoms with E-state index in [1.54, 1.807) is 24.3 Å². The molecule has 1 aliphatic heterocycles. The number of fused-ring (bicyclic) bond motifs is 5. The van der Waals surface area contributed by atoms with Crippen molar-refractivity contribution < 1.29 is 19.1 Å². The van der Waals surface area contributed by atoms with Gasteiger partial charge in [0.25, 0.3) is 0 Å². The fourth-order valence-electron chi connectivity index (χ4n) is 4.36. The average Bonchev–Trinajstić information content (AvgIpc) is 2.99. The van der Waals surface area contributed by atoms with Crippen molar-refractivity contribution in [3.8, 4) is 5.75 Å². The molecule has 144 valence electrons. The third kappa shape index (κ3) is 2.17. The van der Waals surface area contributed by atoms with Gasteiger partial charge >= 0.3 is 0 Å². The van der Waals surface area contributed by atoms with Crippen LogP contribution in [0.15, 0.2) is 42.5 Å². The summed E-state index contributed by atoms with van der Waals surface area (Å²) in [4.78, 5) is 38.1. The SMILES string of the molecule is CC(=O)NC12Oc3cc(C(C)C)ccc3C1(NC(C)=O)C(=O)c1ccccc12. The number of benzene rings is 2. The lowest BCUT2D eigenvalue weighted by Crippen LogP contribution is -2.66. The highest BCUT2D eigenvalue weighted by Crippen LogP contribution is 2.58. The molecule has 0 radical (unpaired) electrons. The summed E-state index contributed by atoms with van der Waals surface area (Å²) in [6, 6.07) is 12.6. The first kappa shape index (κ1) is 18.2. The second-order valence-electron chi connectivity index (χ2n) is 7.68. The zero-order valence-corrected chi connectivity index (χ0v) is 16.3. The Morgan fingerprint density at radius 2 is 1.64 bits per heavy atom. The first-order valence-electron chi connectivity index (χ1n) is 9.28. The summed E-state index contributed by atoms with van der Waals surface area (Å²) in [6.45, 7) is 6.84. The van der Waals surface area contributed by atoms with Crippen molar-refractivity contribution in [1.82, 2.24) is 10.6 Å². The molecule has 0 saturated carbocycles. The predicted molar refractivity (Wildman–Crippen MR) is 103 cm³/mol. The number of carbonyl (C=O) groups is 3. The van der Waals surface area contributed by atoms with Gasteiger partial charge in [0.1, 0.15) is 5.75 Å². The van der Waals surface area contributed by atoms with E-state index in [0.29, 0.717) is 22.4 Å². The highest BCUT2D eigenvalue weighted by Gasteiger charge is 2.72. The molecular formula is C22H22N2O4. The molecular weight excluding hydrogens is 356 g/mol. The van der Waals surface area contributed by atoms with Gasteiger partial charge in [-0.3, -0.25) is 14.4 Å². The molecule has 0 aromatic heterocycles. The molecule has 1 aliphatic carbocycles. The minimum Gasteiger partial charge on any atom is -0.460 e. The number of ketones is 1. The van der Waals surface area contributed by atoms with Gasteiger partial charge < -0.3 is 15.4 Å². The van der Waals surface area contributed by atoms with Gasteiger partial charge in [-0.1, -0.05) is 50.2 Å². The van der Waals surface area contributed by atoms with Crippen molar-refractivity contribution in [2.75, 3.05) is 0 Å². The maximum atomic E-state index is 13.7. The van der Waals surface area contributed by atoms with Crippen molar-refractivity contribution in [2.24, 2.45) is 0 Å². The van der Waals surface area contributed by atoms with Crippen LogP contribution in [-0.4, -0.2) is 17.6 Å². The molecule has 2 aromatic carbocycles. The van der Waals surface area contributed by atoms with Crippen molar-refractivity contribution in [2.45, 2.75) is 44.9 Å². The summed E-state index contributed by atoms with van der Waals surface area (Å²) in [5, 5.41) is 5.69. The van der Waals surface area contributed by atoms with Crippen LogP contribution in [0.1, 0.15) is 60.7 Å². The highest BCUT2D eigenvalue weighted by atomic mass is 16.5. The summed E-state index contributed by atoms with van der Waals surface area (Å²) in [5.41, 5.74) is -0.554. The van der Waals surface area contributed by atoms with Gasteiger partial charge in [-0.2, -0.15) is 0 Å². The minimum atomic E-state index is -1.56. The molecule has 2 N–H and O–H groups in total. The molecule has 2 unspecified atom stereocenters. The normalized spacial score (nSPS) is 24.2. The lowest BCUT2D eigenvalue weighted by Gasteiger charge is -2.38. The summed E-state index contributed by atoms with van der Waals surface area (Å²) in [5.74, 6) is -0.318. The van der Waals surface area contributed by atoms with Crippen LogP contribution >= 0.6 is 0 Å². The standard InChI is InChI=1S/C22H22N2O4/c1-12(2)15-9-10-18-19(11-15)28-22(24-14(4)26)17-8-6-5-7-16(17)20(27)21(18,22)23-13(3)25/h5-12H,1-4H3,(H,23,25)(H,24,26). The molecule has 2 amide bonds. The van der Waals surface area contributed by atoms with Gasteiger partial charge in [0.2, 0.25) is 17.5 Å². The van der Waals surface area contributed by atoms with Crippen LogP contribution in [0.3, 0.4) is 0 Å². The Hall–Kier alpha value is -3.15. The Morgan fingerprint density at radius 3 is 2.29 bits per heavy atom. The maximum absolute atomic E-state index is 13.7. The zero-order chi connectivity index (χ0) is 20.3. The van der Waals surface area contributed by atoms with Crippen molar-refractivity contribution in [3.63, 3.8) is 0 Å². The molecule has 0 fully saturated rings. The number of rotatable bonds is 3. The number of hydrogen-bond donors (Lipinski definition) is 2. The summed E-state index contributed by atoms with van der Waals surface area (Å²) >= 11 is 0. The Balaban J connectivity index is 2.06. The van der Waals surface area contributed by atoms with E-state index in [2.05, 4.69) is 24.5 Å².